The summed E-state index contributed by atoms with van der Waals surface area (Å²) in [4.78, 5) is 6.09. The summed E-state index contributed by atoms with van der Waals surface area (Å²) in [5, 5.41) is 4.31. The van der Waals surface area contributed by atoms with Gasteiger partial charge in [-0.2, -0.15) is 5.10 Å². The molecule has 0 radical (unpaired) electrons. The van der Waals surface area contributed by atoms with Gasteiger partial charge in [0, 0.05) is 26.5 Å². The first-order valence-electron chi connectivity index (χ1n) is 5.53. The fourth-order valence-corrected chi connectivity index (χ4v) is 1.50. The lowest BCUT2D eigenvalue weighted by atomic mass is 10.2. The summed E-state index contributed by atoms with van der Waals surface area (Å²) in [6, 6.07) is 3.89. The van der Waals surface area contributed by atoms with E-state index in [4.69, 9.17) is 0 Å². The molecule has 0 aliphatic heterocycles. The van der Waals surface area contributed by atoms with Crippen LogP contribution in [0.2, 0.25) is 0 Å². The SMILES string of the molecule is CN(C)/C=C/Cc1cnn(-c2cccnc2)c1. The molecule has 17 heavy (non-hydrogen) atoms. The number of hydrogen-bond donors (Lipinski definition) is 0. The van der Waals surface area contributed by atoms with E-state index in [1.165, 1.54) is 5.56 Å². The van der Waals surface area contributed by atoms with Crippen molar-refractivity contribution in [1.29, 1.82) is 0 Å². The molecule has 0 spiro atoms. The van der Waals surface area contributed by atoms with E-state index in [1.807, 2.05) is 54.4 Å². The van der Waals surface area contributed by atoms with Gasteiger partial charge < -0.3 is 4.90 Å². The van der Waals surface area contributed by atoms with Crippen LogP contribution in [0, 0.1) is 0 Å². The molecule has 88 valence electrons. The second-order valence-corrected chi connectivity index (χ2v) is 4.06. The molecular weight excluding hydrogens is 212 g/mol. The van der Waals surface area contributed by atoms with Gasteiger partial charge in [0.25, 0.3) is 0 Å². The lowest BCUT2D eigenvalue weighted by molar-refractivity contribution is 0.562. The van der Waals surface area contributed by atoms with Crippen molar-refractivity contribution in [3.63, 3.8) is 0 Å². The summed E-state index contributed by atoms with van der Waals surface area (Å²) in [6.45, 7) is 0. The Labute approximate surface area is 101 Å². The summed E-state index contributed by atoms with van der Waals surface area (Å²) < 4.78 is 1.84. The third kappa shape index (κ3) is 3.17. The molecule has 2 aromatic heterocycles. The van der Waals surface area contributed by atoms with Crippen LogP contribution in [0.4, 0.5) is 0 Å². The molecule has 0 fully saturated rings. The number of pyridine rings is 1. The van der Waals surface area contributed by atoms with Gasteiger partial charge in [-0.25, -0.2) is 4.68 Å². The van der Waals surface area contributed by atoms with Crippen LogP contribution in [-0.4, -0.2) is 33.8 Å². The van der Waals surface area contributed by atoms with Gasteiger partial charge in [0.2, 0.25) is 0 Å². The Morgan fingerprint density at radius 3 is 2.94 bits per heavy atom. The van der Waals surface area contributed by atoms with Crippen LogP contribution in [0.15, 0.2) is 49.2 Å². The van der Waals surface area contributed by atoms with Crippen molar-refractivity contribution < 1.29 is 0 Å². The predicted octanol–water partition coefficient (Wildman–Crippen LogP) is 1.89. The average Bonchev–Trinajstić information content (AvgIpc) is 2.78. The molecule has 0 aliphatic carbocycles. The van der Waals surface area contributed by atoms with Crippen molar-refractivity contribution in [2.75, 3.05) is 14.1 Å². The van der Waals surface area contributed by atoms with E-state index in [0.29, 0.717) is 0 Å². The number of rotatable bonds is 4. The van der Waals surface area contributed by atoms with Gasteiger partial charge in [-0.15, -0.1) is 0 Å². The average molecular weight is 228 g/mol. The molecule has 0 saturated carbocycles. The second kappa shape index (κ2) is 5.30. The number of aromatic nitrogens is 3. The van der Waals surface area contributed by atoms with E-state index in [9.17, 15) is 0 Å². The van der Waals surface area contributed by atoms with Gasteiger partial charge in [-0.1, -0.05) is 6.08 Å². The summed E-state index contributed by atoms with van der Waals surface area (Å²) in [5.74, 6) is 0. The zero-order valence-corrected chi connectivity index (χ0v) is 10.1. The molecule has 0 amide bonds. The molecule has 0 atom stereocenters. The monoisotopic (exact) mass is 228 g/mol. The third-order valence-corrected chi connectivity index (χ3v) is 2.30. The van der Waals surface area contributed by atoms with Crippen LogP contribution in [-0.2, 0) is 6.42 Å². The van der Waals surface area contributed by atoms with Crippen molar-refractivity contribution in [3.8, 4) is 5.69 Å². The number of nitrogens with zero attached hydrogens (tertiary/aromatic N) is 4. The third-order valence-electron chi connectivity index (χ3n) is 2.30. The van der Waals surface area contributed by atoms with Crippen LogP contribution in [0.5, 0.6) is 0 Å². The molecular formula is C13H16N4. The van der Waals surface area contributed by atoms with Crippen LogP contribution >= 0.6 is 0 Å². The van der Waals surface area contributed by atoms with E-state index in [2.05, 4.69) is 16.2 Å². The smallest absolute Gasteiger partial charge is 0.0828 e. The number of allylic oxidation sites excluding steroid dienone is 1. The van der Waals surface area contributed by atoms with Crippen molar-refractivity contribution in [1.82, 2.24) is 19.7 Å². The quantitative estimate of drug-likeness (QED) is 0.801. The Morgan fingerprint density at radius 1 is 1.35 bits per heavy atom. The fraction of sp³-hybridized carbons (Fsp3) is 0.231. The zero-order valence-electron chi connectivity index (χ0n) is 10.1. The first-order chi connectivity index (χ1) is 8.25. The number of hydrogen-bond acceptors (Lipinski definition) is 3. The molecule has 0 aliphatic rings. The first-order valence-corrected chi connectivity index (χ1v) is 5.53. The maximum atomic E-state index is 4.31. The standard InChI is InChI=1S/C13H16N4/c1-16(2)8-4-5-12-9-15-17(11-12)13-6-3-7-14-10-13/h3-4,6-11H,5H2,1-2H3/b8-4+. The van der Waals surface area contributed by atoms with Crippen LogP contribution in [0.1, 0.15) is 5.56 Å². The first kappa shape index (κ1) is 11.4. The summed E-state index contributed by atoms with van der Waals surface area (Å²) in [7, 11) is 4.02. The highest BCUT2D eigenvalue weighted by molar-refractivity contribution is 5.27. The second-order valence-electron chi connectivity index (χ2n) is 4.06. The molecule has 0 bridgehead atoms. The Morgan fingerprint density at radius 2 is 2.24 bits per heavy atom. The normalized spacial score (nSPS) is 10.9. The van der Waals surface area contributed by atoms with Gasteiger partial charge in [0.15, 0.2) is 0 Å². The molecule has 0 aromatic carbocycles. The minimum absolute atomic E-state index is 0.887. The minimum atomic E-state index is 0.887. The van der Waals surface area contributed by atoms with E-state index < -0.39 is 0 Å². The Bertz CT molecular complexity index is 485. The van der Waals surface area contributed by atoms with Crippen LogP contribution < -0.4 is 0 Å². The predicted molar refractivity (Wildman–Crippen MR) is 67.9 cm³/mol. The maximum Gasteiger partial charge on any atom is 0.0828 e. The highest BCUT2D eigenvalue weighted by atomic mass is 15.3. The molecule has 2 heterocycles. The summed E-state index contributed by atoms with van der Waals surface area (Å²) in [6.07, 6.45) is 12.5. The van der Waals surface area contributed by atoms with Gasteiger partial charge in [-0.05, 0) is 30.3 Å². The van der Waals surface area contributed by atoms with E-state index in [1.54, 1.807) is 12.4 Å². The summed E-state index contributed by atoms with van der Waals surface area (Å²) in [5.41, 5.74) is 2.17. The molecule has 0 unspecified atom stereocenters. The molecule has 0 N–H and O–H groups in total. The Hall–Kier alpha value is -2.10. The highest BCUT2D eigenvalue weighted by Crippen LogP contribution is 2.07. The van der Waals surface area contributed by atoms with Crippen molar-refractivity contribution >= 4 is 0 Å². The lowest BCUT2D eigenvalue weighted by Crippen LogP contribution is -2.00. The molecule has 4 nitrogen and oxygen atoms in total. The molecule has 0 saturated heterocycles. The molecule has 2 rings (SSSR count). The van der Waals surface area contributed by atoms with E-state index >= 15 is 0 Å². The maximum absolute atomic E-state index is 4.31. The van der Waals surface area contributed by atoms with Gasteiger partial charge in [-0.3, -0.25) is 4.98 Å². The van der Waals surface area contributed by atoms with Crippen molar-refractivity contribution in [2.45, 2.75) is 6.42 Å². The summed E-state index contributed by atoms with van der Waals surface area (Å²) >= 11 is 0. The van der Waals surface area contributed by atoms with Gasteiger partial charge in [0.05, 0.1) is 18.1 Å². The Kier molecular flexibility index (Phi) is 3.55. The van der Waals surface area contributed by atoms with Crippen molar-refractivity contribution in [3.05, 3.63) is 54.8 Å². The fourth-order valence-electron chi connectivity index (χ4n) is 1.50. The van der Waals surface area contributed by atoms with Crippen molar-refractivity contribution in [2.24, 2.45) is 0 Å². The zero-order chi connectivity index (χ0) is 12.1. The lowest BCUT2D eigenvalue weighted by Gasteiger charge is -2.02. The van der Waals surface area contributed by atoms with Gasteiger partial charge in [0.1, 0.15) is 0 Å². The van der Waals surface area contributed by atoms with Crippen LogP contribution in [0.3, 0.4) is 0 Å². The molecule has 4 heteroatoms. The Balaban J connectivity index is 2.06. The highest BCUT2D eigenvalue weighted by Gasteiger charge is 1.99. The molecule has 2 aromatic rings. The van der Waals surface area contributed by atoms with E-state index in [-0.39, 0.29) is 0 Å². The largest absolute Gasteiger partial charge is 0.384 e. The topological polar surface area (TPSA) is 34.0 Å². The minimum Gasteiger partial charge on any atom is -0.384 e. The van der Waals surface area contributed by atoms with Crippen LogP contribution in [0.25, 0.3) is 5.69 Å². The van der Waals surface area contributed by atoms with E-state index in [0.717, 1.165) is 12.1 Å². The van der Waals surface area contributed by atoms with Gasteiger partial charge >= 0.3 is 0 Å².